The lowest BCUT2D eigenvalue weighted by Crippen LogP contribution is -2.24. The molecule has 1 aliphatic carbocycles. The van der Waals surface area contributed by atoms with E-state index in [1.165, 1.54) is 25.5 Å². The summed E-state index contributed by atoms with van der Waals surface area (Å²) in [4.78, 5) is 3.80. The second kappa shape index (κ2) is 4.91. The molecule has 0 amide bonds. The van der Waals surface area contributed by atoms with Gasteiger partial charge in [0.1, 0.15) is 5.82 Å². The Morgan fingerprint density at radius 1 is 1.50 bits per heavy atom. The number of pyridine rings is 1. The third-order valence-corrected chi connectivity index (χ3v) is 3.66. The lowest BCUT2D eigenvalue weighted by Gasteiger charge is -2.23. The topological polar surface area (TPSA) is 24.9 Å². The highest BCUT2D eigenvalue weighted by atomic mass is 19.1. The molecule has 3 atom stereocenters. The average Bonchev–Trinajstić information content (AvgIpc) is 2.69. The summed E-state index contributed by atoms with van der Waals surface area (Å²) in [6.07, 6.45) is 6.61. The second-order valence-corrected chi connectivity index (χ2v) is 4.84. The van der Waals surface area contributed by atoms with Crippen LogP contribution in [0.25, 0.3) is 0 Å². The van der Waals surface area contributed by atoms with Gasteiger partial charge in [-0.1, -0.05) is 13.3 Å². The highest BCUT2D eigenvalue weighted by molar-refractivity contribution is 5.18. The van der Waals surface area contributed by atoms with Crippen molar-refractivity contribution in [3.05, 3.63) is 29.8 Å². The van der Waals surface area contributed by atoms with Gasteiger partial charge in [0.2, 0.25) is 0 Å². The van der Waals surface area contributed by atoms with Crippen molar-refractivity contribution in [2.75, 3.05) is 7.05 Å². The average molecular weight is 222 g/mol. The SMILES string of the molecule is CNC(c1ccncc1F)C1CCC(C)C1. The Balaban J connectivity index is 2.19. The van der Waals surface area contributed by atoms with E-state index < -0.39 is 0 Å². The molecule has 1 N–H and O–H groups in total. The van der Waals surface area contributed by atoms with Crippen LogP contribution in [0.3, 0.4) is 0 Å². The van der Waals surface area contributed by atoms with E-state index in [9.17, 15) is 4.39 Å². The molecule has 3 heteroatoms. The minimum Gasteiger partial charge on any atom is -0.313 e. The molecule has 1 aromatic rings. The van der Waals surface area contributed by atoms with Crippen molar-refractivity contribution in [3.8, 4) is 0 Å². The molecule has 2 nitrogen and oxygen atoms in total. The van der Waals surface area contributed by atoms with Crippen molar-refractivity contribution in [2.24, 2.45) is 11.8 Å². The molecule has 3 unspecified atom stereocenters. The number of halogens is 1. The summed E-state index contributed by atoms with van der Waals surface area (Å²) in [5.74, 6) is 1.13. The fourth-order valence-corrected chi connectivity index (χ4v) is 2.84. The third-order valence-electron chi connectivity index (χ3n) is 3.66. The van der Waals surface area contributed by atoms with Crippen LogP contribution in [0.4, 0.5) is 4.39 Å². The van der Waals surface area contributed by atoms with E-state index in [1.807, 2.05) is 7.05 Å². The molecule has 1 aliphatic rings. The van der Waals surface area contributed by atoms with E-state index in [0.717, 1.165) is 11.5 Å². The Morgan fingerprint density at radius 3 is 2.88 bits per heavy atom. The monoisotopic (exact) mass is 222 g/mol. The lowest BCUT2D eigenvalue weighted by molar-refractivity contribution is 0.368. The summed E-state index contributed by atoms with van der Waals surface area (Å²) >= 11 is 0. The first-order chi connectivity index (χ1) is 7.72. The zero-order chi connectivity index (χ0) is 11.5. The molecule has 0 spiro atoms. The minimum atomic E-state index is -0.193. The maximum absolute atomic E-state index is 13.7. The molecule has 0 aromatic carbocycles. The van der Waals surface area contributed by atoms with E-state index in [1.54, 1.807) is 12.3 Å². The second-order valence-electron chi connectivity index (χ2n) is 4.84. The van der Waals surface area contributed by atoms with E-state index in [2.05, 4.69) is 17.2 Å². The van der Waals surface area contributed by atoms with Gasteiger partial charge < -0.3 is 5.32 Å². The zero-order valence-corrected chi connectivity index (χ0v) is 9.91. The summed E-state index contributed by atoms with van der Waals surface area (Å²) in [5.41, 5.74) is 0.761. The van der Waals surface area contributed by atoms with Gasteiger partial charge in [-0.15, -0.1) is 0 Å². The number of nitrogens with one attached hydrogen (secondary N) is 1. The smallest absolute Gasteiger partial charge is 0.146 e. The predicted molar refractivity (Wildman–Crippen MR) is 62.5 cm³/mol. The zero-order valence-electron chi connectivity index (χ0n) is 9.91. The molecule has 0 aliphatic heterocycles. The summed E-state index contributed by atoms with van der Waals surface area (Å²) in [6.45, 7) is 2.27. The highest BCUT2D eigenvalue weighted by Gasteiger charge is 2.30. The van der Waals surface area contributed by atoms with E-state index >= 15 is 0 Å². The van der Waals surface area contributed by atoms with Gasteiger partial charge in [0.05, 0.1) is 6.20 Å². The van der Waals surface area contributed by atoms with Gasteiger partial charge in [-0.3, -0.25) is 4.98 Å². The van der Waals surface area contributed by atoms with Crippen LogP contribution in [0.1, 0.15) is 37.8 Å². The number of nitrogens with zero attached hydrogens (tertiary/aromatic N) is 1. The van der Waals surface area contributed by atoms with Crippen molar-refractivity contribution >= 4 is 0 Å². The fourth-order valence-electron chi connectivity index (χ4n) is 2.84. The van der Waals surface area contributed by atoms with Crippen molar-refractivity contribution in [2.45, 2.75) is 32.2 Å². The summed E-state index contributed by atoms with van der Waals surface area (Å²) in [7, 11) is 1.91. The van der Waals surface area contributed by atoms with Gasteiger partial charge >= 0.3 is 0 Å². The number of rotatable bonds is 3. The van der Waals surface area contributed by atoms with E-state index in [4.69, 9.17) is 0 Å². The van der Waals surface area contributed by atoms with Gasteiger partial charge in [-0.05, 0) is 37.8 Å². The quantitative estimate of drug-likeness (QED) is 0.850. The molecule has 2 rings (SSSR count). The van der Waals surface area contributed by atoms with Crippen molar-refractivity contribution in [1.82, 2.24) is 10.3 Å². The van der Waals surface area contributed by atoms with Crippen LogP contribution in [0, 0.1) is 17.7 Å². The van der Waals surface area contributed by atoms with Gasteiger partial charge in [0.25, 0.3) is 0 Å². The van der Waals surface area contributed by atoms with Crippen LogP contribution in [-0.2, 0) is 0 Å². The molecule has 0 saturated heterocycles. The van der Waals surface area contributed by atoms with Crippen molar-refractivity contribution in [1.29, 1.82) is 0 Å². The molecular formula is C13H19FN2. The normalized spacial score (nSPS) is 26.9. The van der Waals surface area contributed by atoms with Gasteiger partial charge in [-0.2, -0.15) is 0 Å². The van der Waals surface area contributed by atoms with Crippen LogP contribution in [0.5, 0.6) is 0 Å². The molecule has 0 radical (unpaired) electrons. The van der Waals surface area contributed by atoms with Crippen LogP contribution < -0.4 is 5.32 Å². The van der Waals surface area contributed by atoms with Gasteiger partial charge in [0, 0.05) is 17.8 Å². The maximum Gasteiger partial charge on any atom is 0.146 e. The molecule has 16 heavy (non-hydrogen) atoms. The third kappa shape index (κ3) is 2.24. The maximum atomic E-state index is 13.7. The van der Waals surface area contributed by atoms with Crippen LogP contribution in [0.2, 0.25) is 0 Å². The predicted octanol–water partition coefficient (Wildman–Crippen LogP) is 2.92. The fraction of sp³-hybridized carbons (Fsp3) is 0.615. The van der Waals surface area contributed by atoms with Gasteiger partial charge in [-0.25, -0.2) is 4.39 Å². The van der Waals surface area contributed by atoms with Crippen LogP contribution >= 0.6 is 0 Å². The number of hydrogen-bond donors (Lipinski definition) is 1. The molecule has 1 aromatic heterocycles. The molecule has 88 valence electrons. The number of hydrogen-bond acceptors (Lipinski definition) is 2. The number of aromatic nitrogens is 1. The Labute approximate surface area is 96.3 Å². The Kier molecular flexibility index (Phi) is 3.54. The first-order valence-electron chi connectivity index (χ1n) is 5.99. The molecular weight excluding hydrogens is 203 g/mol. The summed E-state index contributed by atoms with van der Waals surface area (Å²) in [5, 5.41) is 3.25. The molecule has 0 bridgehead atoms. The molecule has 1 heterocycles. The van der Waals surface area contributed by atoms with E-state index in [0.29, 0.717) is 5.92 Å². The van der Waals surface area contributed by atoms with Crippen LogP contribution in [0.15, 0.2) is 18.5 Å². The molecule has 1 saturated carbocycles. The first-order valence-corrected chi connectivity index (χ1v) is 5.99. The standard InChI is InChI=1S/C13H19FN2/c1-9-3-4-10(7-9)13(15-2)11-5-6-16-8-12(11)14/h5-6,8-10,13,15H,3-4,7H2,1-2H3. The largest absolute Gasteiger partial charge is 0.313 e. The Hall–Kier alpha value is -0.960. The summed E-state index contributed by atoms with van der Waals surface area (Å²) < 4.78 is 13.7. The van der Waals surface area contributed by atoms with E-state index in [-0.39, 0.29) is 11.9 Å². The first kappa shape index (κ1) is 11.5. The molecule has 1 fully saturated rings. The minimum absolute atomic E-state index is 0.132. The van der Waals surface area contributed by atoms with Crippen LogP contribution in [-0.4, -0.2) is 12.0 Å². The van der Waals surface area contributed by atoms with Crippen molar-refractivity contribution in [3.63, 3.8) is 0 Å². The lowest BCUT2D eigenvalue weighted by atomic mass is 9.91. The van der Waals surface area contributed by atoms with Crippen molar-refractivity contribution < 1.29 is 4.39 Å². The van der Waals surface area contributed by atoms with Gasteiger partial charge in [0.15, 0.2) is 0 Å². The Morgan fingerprint density at radius 2 is 2.31 bits per heavy atom. The highest BCUT2D eigenvalue weighted by Crippen LogP contribution is 2.39. The Bertz CT molecular complexity index is 354. The summed E-state index contributed by atoms with van der Waals surface area (Å²) in [6, 6.07) is 1.92.